The van der Waals surface area contributed by atoms with Gasteiger partial charge < -0.3 is 4.90 Å². The van der Waals surface area contributed by atoms with Crippen molar-refractivity contribution in [2.24, 2.45) is 0 Å². The summed E-state index contributed by atoms with van der Waals surface area (Å²) in [4.78, 5) is 16.2. The lowest BCUT2D eigenvalue weighted by Gasteiger charge is -2.34. The van der Waals surface area contributed by atoms with E-state index in [1.54, 1.807) is 11.3 Å². The Labute approximate surface area is 124 Å². The molecule has 104 valence electrons. The van der Waals surface area contributed by atoms with Crippen LogP contribution in [-0.4, -0.2) is 17.4 Å². The molecule has 3 rings (SSSR count). The lowest BCUT2D eigenvalue weighted by Crippen LogP contribution is -2.38. The number of benzene rings is 1. The highest BCUT2D eigenvalue weighted by Gasteiger charge is 2.29. The van der Waals surface area contributed by atoms with Crippen LogP contribution in [-0.2, 0) is 6.42 Å². The van der Waals surface area contributed by atoms with Gasteiger partial charge >= 0.3 is 0 Å². The standard InChI is InChI=1S/C17H19NOS/c1-11-4-5-14(12(2)10-11)17(19)18-8-6-16-15(13(18)3)7-9-20-16/h4-5,7,9-10,13H,6,8H2,1-3H3. The first-order chi connectivity index (χ1) is 9.58. The molecule has 1 unspecified atom stereocenters. The van der Waals surface area contributed by atoms with Crippen LogP contribution < -0.4 is 0 Å². The van der Waals surface area contributed by atoms with Crippen molar-refractivity contribution in [2.45, 2.75) is 33.2 Å². The van der Waals surface area contributed by atoms with Gasteiger partial charge in [-0.2, -0.15) is 0 Å². The molecule has 2 heterocycles. The van der Waals surface area contributed by atoms with Crippen molar-refractivity contribution in [1.29, 1.82) is 0 Å². The fourth-order valence-corrected chi connectivity index (χ4v) is 3.96. The van der Waals surface area contributed by atoms with Crippen LogP contribution in [0.4, 0.5) is 0 Å². The Morgan fingerprint density at radius 2 is 2.10 bits per heavy atom. The van der Waals surface area contributed by atoms with Crippen molar-refractivity contribution >= 4 is 17.2 Å². The summed E-state index contributed by atoms with van der Waals surface area (Å²) in [6, 6.07) is 8.40. The maximum absolute atomic E-state index is 12.8. The summed E-state index contributed by atoms with van der Waals surface area (Å²) in [5, 5.41) is 2.13. The lowest BCUT2D eigenvalue weighted by molar-refractivity contribution is 0.0678. The van der Waals surface area contributed by atoms with Gasteiger partial charge in [-0.3, -0.25) is 4.79 Å². The molecule has 1 aliphatic heterocycles. The van der Waals surface area contributed by atoms with Gasteiger partial charge in [0.25, 0.3) is 5.91 Å². The number of rotatable bonds is 1. The van der Waals surface area contributed by atoms with Gasteiger partial charge in [0.15, 0.2) is 0 Å². The van der Waals surface area contributed by atoms with Crippen LogP contribution in [0, 0.1) is 13.8 Å². The molecule has 0 fully saturated rings. The molecular weight excluding hydrogens is 266 g/mol. The summed E-state index contributed by atoms with van der Waals surface area (Å²) in [7, 11) is 0. The Kier molecular flexibility index (Phi) is 3.38. The summed E-state index contributed by atoms with van der Waals surface area (Å²) in [5.41, 5.74) is 4.42. The highest BCUT2D eigenvalue weighted by molar-refractivity contribution is 7.10. The molecule has 1 aromatic carbocycles. The molecule has 0 saturated heterocycles. The molecule has 3 heteroatoms. The number of hydrogen-bond donors (Lipinski definition) is 0. The Morgan fingerprint density at radius 3 is 2.85 bits per heavy atom. The van der Waals surface area contributed by atoms with Gasteiger partial charge in [0, 0.05) is 17.0 Å². The molecule has 1 aliphatic rings. The van der Waals surface area contributed by atoms with E-state index in [2.05, 4.69) is 31.4 Å². The third kappa shape index (κ3) is 2.16. The van der Waals surface area contributed by atoms with E-state index in [0.717, 1.165) is 24.1 Å². The van der Waals surface area contributed by atoms with Crippen molar-refractivity contribution in [1.82, 2.24) is 4.90 Å². The maximum Gasteiger partial charge on any atom is 0.254 e. The zero-order valence-corrected chi connectivity index (χ0v) is 13.0. The second-order valence-electron chi connectivity index (χ2n) is 5.54. The summed E-state index contributed by atoms with van der Waals surface area (Å²) < 4.78 is 0. The molecule has 0 radical (unpaired) electrons. The summed E-state index contributed by atoms with van der Waals surface area (Å²) >= 11 is 1.81. The number of thiophene rings is 1. The van der Waals surface area contributed by atoms with Crippen molar-refractivity contribution in [3.8, 4) is 0 Å². The Hall–Kier alpha value is -1.61. The fourth-order valence-electron chi connectivity index (χ4n) is 3.00. The summed E-state index contributed by atoms with van der Waals surface area (Å²) in [5.74, 6) is 0.159. The molecule has 0 spiro atoms. The van der Waals surface area contributed by atoms with Gasteiger partial charge in [-0.05, 0) is 55.8 Å². The first-order valence-corrected chi connectivity index (χ1v) is 7.90. The normalized spacial score (nSPS) is 17.9. The summed E-state index contributed by atoms with van der Waals surface area (Å²) in [6.45, 7) is 7.03. The van der Waals surface area contributed by atoms with Crippen molar-refractivity contribution in [3.05, 3.63) is 56.8 Å². The average Bonchev–Trinajstić information content (AvgIpc) is 2.87. The molecule has 0 saturated carbocycles. The number of hydrogen-bond acceptors (Lipinski definition) is 2. The van der Waals surface area contributed by atoms with Gasteiger partial charge in [0.05, 0.1) is 6.04 Å². The first kappa shape index (κ1) is 13.4. The topological polar surface area (TPSA) is 20.3 Å². The Balaban J connectivity index is 1.92. The number of amides is 1. The molecule has 1 amide bonds. The van der Waals surface area contributed by atoms with E-state index in [4.69, 9.17) is 0 Å². The van der Waals surface area contributed by atoms with Crippen LogP contribution in [0.5, 0.6) is 0 Å². The number of fused-ring (bicyclic) bond motifs is 1. The summed E-state index contributed by atoms with van der Waals surface area (Å²) in [6.07, 6.45) is 0.980. The number of aryl methyl sites for hydroxylation is 2. The first-order valence-electron chi connectivity index (χ1n) is 7.02. The quantitative estimate of drug-likeness (QED) is 0.771. The number of carbonyl (C=O) groups is 1. The Morgan fingerprint density at radius 1 is 1.30 bits per heavy atom. The van der Waals surface area contributed by atoms with Crippen molar-refractivity contribution in [3.63, 3.8) is 0 Å². The molecule has 20 heavy (non-hydrogen) atoms. The smallest absolute Gasteiger partial charge is 0.254 e. The van der Waals surface area contributed by atoms with Gasteiger partial charge in [-0.25, -0.2) is 0 Å². The van der Waals surface area contributed by atoms with Gasteiger partial charge in [0.1, 0.15) is 0 Å². The fraction of sp³-hybridized carbons (Fsp3) is 0.353. The van der Waals surface area contributed by atoms with Crippen LogP contribution in [0.2, 0.25) is 0 Å². The van der Waals surface area contributed by atoms with Gasteiger partial charge in [0.2, 0.25) is 0 Å². The zero-order chi connectivity index (χ0) is 14.3. The van der Waals surface area contributed by atoms with E-state index in [9.17, 15) is 4.79 Å². The average molecular weight is 285 g/mol. The number of carbonyl (C=O) groups excluding carboxylic acids is 1. The SMILES string of the molecule is Cc1ccc(C(=O)N2CCc3sccc3C2C)c(C)c1. The molecule has 1 atom stereocenters. The van der Waals surface area contributed by atoms with E-state index in [0.29, 0.717) is 0 Å². The van der Waals surface area contributed by atoms with Gasteiger partial charge in [-0.1, -0.05) is 17.7 Å². The van der Waals surface area contributed by atoms with Crippen LogP contribution in [0.1, 0.15) is 44.9 Å². The minimum absolute atomic E-state index is 0.159. The predicted octanol–water partition coefficient (Wildman–Crippen LogP) is 4.12. The van der Waals surface area contributed by atoms with Crippen LogP contribution in [0.15, 0.2) is 29.6 Å². The van der Waals surface area contributed by atoms with Crippen molar-refractivity contribution in [2.75, 3.05) is 6.54 Å². The van der Waals surface area contributed by atoms with E-state index in [1.165, 1.54) is 16.0 Å². The minimum atomic E-state index is 0.159. The number of nitrogens with zero attached hydrogens (tertiary/aromatic N) is 1. The third-order valence-corrected chi connectivity index (χ3v) is 5.15. The largest absolute Gasteiger partial charge is 0.331 e. The second-order valence-corrected chi connectivity index (χ2v) is 6.54. The van der Waals surface area contributed by atoms with E-state index in [1.807, 2.05) is 24.0 Å². The van der Waals surface area contributed by atoms with Gasteiger partial charge in [-0.15, -0.1) is 11.3 Å². The van der Waals surface area contributed by atoms with E-state index < -0.39 is 0 Å². The molecule has 2 aromatic rings. The molecular formula is C17H19NOS. The second kappa shape index (κ2) is 5.06. The van der Waals surface area contributed by atoms with Crippen LogP contribution in [0.3, 0.4) is 0 Å². The highest BCUT2D eigenvalue weighted by atomic mass is 32.1. The van der Waals surface area contributed by atoms with E-state index in [-0.39, 0.29) is 11.9 Å². The molecule has 0 N–H and O–H groups in total. The van der Waals surface area contributed by atoms with Crippen LogP contribution in [0.25, 0.3) is 0 Å². The monoisotopic (exact) mass is 285 g/mol. The Bertz CT molecular complexity index is 659. The minimum Gasteiger partial charge on any atom is -0.331 e. The third-order valence-electron chi connectivity index (χ3n) is 4.15. The van der Waals surface area contributed by atoms with Crippen molar-refractivity contribution < 1.29 is 4.79 Å². The lowest BCUT2D eigenvalue weighted by atomic mass is 9.98. The highest BCUT2D eigenvalue weighted by Crippen LogP contribution is 2.33. The van der Waals surface area contributed by atoms with E-state index >= 15 is 0 Å². The van der Waals surface area contributed by atoms with Crippen LogP contribution >= 0.6 is 11.3 Å². The molecule has 2 nitrogen and oxygen atoms in total. The molecule has 1 aromatic heterocycles. The predicted molar refractivity (Wildman–Crippen MR) is 83.4 cm³/mol. The molecule has 0 bridgehead atoms. The maximum atomic E-state index is 12.8. The molecule has 0 aliphatic carbocycles. The zero-order valence-electron chi connectivity index (χ0n) is 12.1.